The molecule has 10 heteroatoms. The van der Waals surface area contributed by atoms with Gasteiger partial charge in [-0.3, -0.25) is 9.59 Å². The summed E-state index contributed by atoms with van der Waals surface area (Å²) in [6, 6.07) is 17.3. The minimum absolute atomic E-state index is 0.130. The molecule has 3 aromatic rings. The molecule has 2 N–H and O–H groups in total. The van der Waals surface area contributed by atoms with Crippen molar-refractivity contribution in [2.45, 2.75) is 25.7 Å². The van der Waals surface area contributed by atoms with Crippen LogP contribution in [-0.2, 0) is 19.7 Å². The van der Waals surface area contributed by atoms with E-state index in [1.807, 2.05) is 32.0 Å². The number of hydrogen-bond donors (Lipinski definition) is 2. The molecule has 0 unspecified atom stereocenters. The van der Waals surface area contributed by atoms with Crippen molar-refractivity contribution in [3.63, 3.8) is 0 Å². The minimum atomic E-state index is -4.27. The fraction of sp³-hybridized carbons (Fsp3) is 0.148. The van der Waals surface area contributed by atoms with Crippen molar-refractivity contribution < 1.29 is 26.9 Å². The Bertz CT molecular complexity index is 1520. The lowest BCUT2D eigenvalue weighted by Crippen LogP contribution is -2.14. The van der Waals surface area contributed by atoms with Gasteiger partial charge in [0.25, 0.3) is 5.91 Å². The second-order valence-corrected chi connectivity index (χ2v) is 9.64. The number of ether oxygens (including phenoxy) is 1. The number of rotatable bonds is 8. The molecule has 0 fully saturated rings. The van der Waals surface area contributed by atoms with Gasteiger partial charge in [0.15, 0.2) is 11.5 Å². The molecule has 0 bridgehead atoms. The predicted molar refractivity (Wildman–Crippen MR) is 140 cm³/mol. The van der Waals surface area contributed by atoms with E-state index in [9.17, 15) is 23.3 Å². The number of amides is 2. The average Bonchev–Trinajstić information content (AvgIpc) is 2.84. The summed E-state index contributed by atoms with van der Waals surface area (Å²) in [6.07, 6.45) is 1.32. The van der Waals surface area contributed by atoms with Crippen LogP contribution in [0.2, 0.25) is 0 Å². The average molecular weight is 520 g/mol. The maximum atomic E-state index is 12.9. The number of aryl methyl sites for hydroxylation is 2. The topological polar surface area (TPSA) is 135 Å². The smallest absolute Gasteiger partial charge is 0.339 e. The second-order valence-electron chi connectivity index (χ2n) is 8.10. The van der Waals surface area contributed by atoms with E-state index in [4.69, 9.17) is 8.92 Å². The van der Waals surface area contributed by atoms with Gasteiger partial charge in [0.1, 0.15) is 16.5 Å². The molecule has 0 heterocycles. The molecule has 0 radical (unpaired) electrons. The second kappa shape index (κ2) is 11.4. The standard InChI is InChI=1S/C27H25N3O6S/c1-17-5-6-18(2)24(13-17)30-27(32)21(16-28)14-20-7-12-25(35-4)26(15-20)36-37(33,34)23-10-8-22(9-11-23)29-19(3)31/h5-15H,1-4H3,(H,29,31)(H,30,32)/b21-14+. The Hall–Kier alpha value is -4.62. The van der Waals surface area contributed by atoms with Crippen molar-refractivity contribution in [3.8, 4) is 17.6 Å². The van der Waals surface area contributed by atoms with Gasteiger partial charge in [0, 0.05) is 18.3 Å². The zero-order valence-electron chi connectivity index (χ0n) is 20.7. The molecule has 0 atom stereocenters. The van der Waals surface area contributed by atoms with Crippen molar-refractivity contribution in [3.05, 3.63) is 82.9 Å². The van der Waals surface area contributed by atoms with Crippen LogP contribution in [0.1, 0.15) is 23.6 Å². The number of anilines is 2. The molecule has 0 aromatic heterocycles. The van der Waals surface area contributed by atoms with E-state index in [-0.39, 0.29) is 27.9 Å². The lowest BCUT2D eigenvalue weighted by Gasteiger charge is -2.12. The van der Waals surface area contributed by atoms with Gasteiger partial charge in [0.2, 0.25) is 5.91 Å². The van der Waals surface area contributed by atoms with Gasteiger partial charge in [-0.2, -0.15) is 13.7 Å². The van der Waals surface area contributed by atoms with Crippen LogP contribution in [0, 0.1) is 25.2 Å². The summed E-state index contributed by atoms with van der Waals surface area (Å²) in [4.78, 5) is 23.8. The summed E-state index contributed by atoms with van der Waals surface area (Å²) < 4.78 is 36.3. The van der Waals surface area contributed by atoms with E-state index in [2.05, 4.69) is 10.6 Å². The van der Waals surface area contributed by atoms with Crippen molar-refractivity contribution in [2.24, 2.45) is 0 Å². The Morgan fingerprint density at radius 3 is 2.27 bits per heavy atom. The van der Waals surface area contributed by atoms with Crippen LogP contribution in [0.5, 0.6) is 11.5 Å². The highest BCUT2D eigenvalue weighted by molar-refractivity contribution is 7.87. The monoisotopic (exact) mass is 519 g/mol. The van der Waals surface area contributed by atoms with Gasteiger partial charge < -0.3 is 19.6 Å². The van der Waals surface area contributed by atoms with E-state index < -0.39 is 16.0 Å². The Morgan fingerprint density at radius 1 is 0.946 bits per heavy atom. The van der Waals surface area contributed by atoms with E-state index in [0.717, 1.165) is 11.1 Å². The molecule has 0 aliphatic rings. The number of nitrogens with zero attached hydrogens (tertiary/aromatic N) is 1. The third-order valence-electron chi connectivity index (χ3n) is 5.17. The first kappa shape index (κ1) is 27.0. The van der Waals surface area contributed by atoms with Crippen LogP contribution in [-0.4, -0.2) is 27.3 Å². The summed E-state index contributed by atoms with van der Waals surface area (Å²) in [5, 5.41) is 14.9. The van der Waals surface area contributed by atoms with Crippen molar-refractivity contribution in [1.29, 1.82) is 5.26 Å². The molecule has 9 nitrogen and oxygen atoms in total. The fourth-order valence-corrected chi connectivity index (χ4v) is 4.23. The normalized spacial score (nSPS) is 11.3. The number of benzene rings is 3. The first-order valence-electron chi connectivity index (χ1n) is 11.0. The summed E-state index contributed by atoms with van der Waals surface area (Å²) in [7, 11) is -2.91. The third-order valence-corrected chi connectivity index (χ3v) is 6.42. The van der Waals surface area contributed by atoms with Crippen LogP contribution >= 0.6 is 0 Å². The van der Waals surface area contributed by atoms with E-state index in [1.54, 1.807) is 12.1 Å². The summed E-state index contributed by atoms with van der Waals surface area (Å²) in [6.45, 7) is 5.07. The van der Waals surface area contributed by atoms with Crippen molar-refractivity contribution in [1.82, 2.24) is 0 Å². The van der Waals surface area contributed by atoms with Gasteiger partial charge in [-0.05, 0) is 79.1 Å². The highest BCUT2D eigenvalue weighted by atomic mass is 32.2. The third kappa shape index (κ3) is 6.96. The van der Waals surface area contributed by atoms with Gasteiger partial charge in [-0.1, -0.05) is 18.2 Å². The predicted octanol–water partition coefficient (Wildman–Crippen LogP) is 4.58. The molecule has 3 rings (SSSR count). The SMILES string of the molecule is COc1ccc(/C=C(\C#N)C(=O)Nc2cc(C)ccc2C)cc1OS(=O)(=O)c1ccc(NC(C)=O)cc1. The molecule has 190 valence electrons. The highest BCUT2D eigenvalue weighted by Gasteiger charge is 2.20. The minimum Gasteiger partial charge on any atom is -0.493 e. The Morgan fingerprint density at radius 2 is 1.65 bits per heavy atom. The Kier molecular flexibility index (Phi) is 8.32. The highest BCUT2D eigenvalue weighted by Crippen LogP contribution is 2.32. The lowest BCUT2D eigenvalue weighted by molar-refractivity contribution is -0.114. The number of hydrogen-bond acceptors (Lipinski definition) is 7. The first-order valence-corrected chi connectivity index (χ1v) is 12.4. The molecule has 2 amide bonds. The van der Waals surface area contributed by atoms with Crippen LogP contribution in [0.25, 0.3) is 6.08 Å². The number of nitriles is 1. The molecule has 0 saturated heterocycles. The molecule has 0 saturated carbocycles. The maximum absolute atomic E-state index is 12.9. The van der Waals surface area contributed by atoms with E-state index in [0.29, 0.717) is 16.9 Å². The van der Waals surface area contributed by atoms with E-state index >= 15 is 0 Å². The number of carbonyl (C=O) groups excluding carboxylic acids is 2. The maximum Gasteiger partial charge on any atom is 0.339 e. The molecule has 37 heavy (non-hydrogen) atoms. The lowest BCUT2D eigenvalue weighted by atomic mass is 10.1. The van der Waals surface area contributed by atoms with Crippen molar-refractivity contribution in [2.75, 3.05) is 17.7 Å². The molecule has 0 spiro atoms. The van der Waals surface area contributed by atoms with Crippen LogP contribution < -0.4 is 19.6 Å². The van der Waals surface area contributed by atoms with Gasteiger partial charge in [-0.25, -0.2) is 0 Å². The van der Waals surface area contributed by atoms with E-state index in [1.165, 1.54) is 56.5 Å². The van der Waals surface area contributed by atoms with Crippen molar-refractivity contribution >= 4 is 39.4 Å². The summed E-state index contributed by atoms with van der Waals surface area (Å²) in [5.74, 6) is -0.898. The largest absolute Gasteiger partial charge is 0.493 e. The number of methoxy groups -OCH3 is 1. The van der Waals surface area contributed by atoms with Crippen LogP contribution in [0.4, 0.5) is 11.4 Å². The summed E-state index contributed by atoms with van der Waals surface area (Å²) in [5.41, 5.74) is 2.96. The molecule has 3 aromatic carbocycles. The van der Waals surface area contributed by atoms with Gasteiger partial charge >= 0.3 is 10.1 Å². The molecule has 0 aliphatic heterocycles. The zero-order chi connectivity index (χ0) is 27.2. The Balaban J connectivity index is 1.88. The fourth-order valence-electron chi connectivity index (χ4n) is 3.30. The number of nitrogens with one attached hydrogen (secondary N) is 2. The van der Waals surface area contributed by atoms with Crippen LogP contribution in [0.15, 0.2) is 71.1 Å². The molecular formula is C27H25N3O6S. The van der Waals surface area contributed by atoms with Gasteiger partial charge in [0.05, 0.1) is 7.11 Å². The zero-order valence-corrected chi connectivity index (χ0v) is 21.5. The van der Waals surface area contributed by atoms with Crippen LogP contribution in [0.3, 0.4) is 0 Å². The first-order chi connectivity index (χ1) is 17.5. The molecule has 0 aliphatic carbocycles. The number of carbonyl (C=O) groups is 2. The summed E-state index contributed by atoms with van der Waals surface area (Å²) >= 11 is 0. The quantitative estimate of drug-likeness (QED) is 0.253. The molecular weight excluding hydrogens is 494 g/mol. The Labute approximate surface area is 215 Å². The van der Waals surface area contributed by atoms with Gasteiger partial charge in [-0.15, -0.1) is 0 Å².